The summed E-state index contributed by atoms with van der Waals surface area (Å²) in [6.45, 7) is 7.06. The zero-order chi connectivity index (χ0) is 22.0. The molecule has 11 heteroatoms. The van der Waals surface area contributed by atoms with Crippen molar-refractivity contribution in [1.82, 2.24) is 30.1 Å². The van der Waals surface area contributed by atoms with Gasteiger partial charge in [-0.05, 0) is 6.92 Å². The third kappa shape index (κ3) is 5.35. The summed E-state index contributed by atoms with van der Waals surface area (Å²) in [5, 5.41) is 17.4. The number of aromatic nitrogens is 3. The lowest BCUT2D eigenvalue weighted by Gasteiger charge is -2.39. The fraction of sp³-hybridized carbons (Fsp3) is 0.550. The highest BCUT2D eigenvalue weighted by molar-refractivity contribution is 7.11. The number of anilines is 1. The molecule has 2 aromatic rings. The van der Waals surface area contributed by atoms with Gasteiger partial charge in [0.25, 0.3) is 5.91 Å². The number of hydrogen-bond donors (Lipinski definition) is 3. The van der Waals surface area contributed by atoms with E-state index in [1.165, 1.54) is 16.9 Å². The van der Waals surface area contributed by atoms with Crippen molar-refractivity contribution in [2.24, 2.45) is 0 Å². The Labute approximate surface area is 184 Å². The number of carbonyl (C=O) groups is 2. The number of aliphatic hydroxyl groups is 1. The highest BCUT2D eigenvalue weighted by Crippen LogP contribution is 2.24. The van der Waals surface area contributed by atoms with Crippen LogP contribution in [-0.4, -0.2) is 86.5 Å². The van der Waals surface area contributed by atoms with Crippen molar-refractivity contribution in [2.45, 2.75) is 39.0 Å². The van der Waals surface area contributed by atoms with Gasteiger partial charge in [-0.2, -0.15) is 0 Å². The normalized spacial score (nSPS) is 17.6. The lowest BCUT2D eigenvalue weighted by atomic mass is 10.1. The van der Waals surface area contributed by atoms with Crippen LogP contribution in [-0.2, 0) is 17.8 Å². The average Bonchev–Trinajstić information content (AvgIpc) is 3.07. The van der Waals surface area contributed by atoms with Crippen molar-refractivity contribution >= 4 is 29.0 Å². The number of carbonyl (C=O) groups excluding carboxylic acids is 2. The van der Waals surface area contributed by atoms with Crippen LogP contribution in [0.3, 0.4) is 0 Å². The molecule has 166 valence electrons. The van der Waals surface area contributed by atoms with E-state index >= 15 is 0 Å². The summed E-state index contributed by atoms with van der Waals surface area (Å²) in [6.07, 6.45) is 1.55. The predicted molar refractivity (Wildman–Crippen MR) is 116 cm³/mol. The number of rotatable bonds is 7. The zero-order valence-corrected chi connectivity index (χ0v) is 18.5. The second-order valence-electron chi connectivity index (χ2n) is 8.01. The van der Waals surface area contributed by atoms with Crippen molar-refractivity contribution in [3.8, 4) is 0 Å². The fourth-order valence-electron chi connectivity index (χ4n) is 3.79. The van der Waals surface area contributed by atoms with Gasteiger partial charge in [0, 0.05) is 63.6 Å². The van der Waals surface area contributed by atoms with Gasteiger partial charge in [-0.15, -0.1) is 11.3 Å². The quantitative estimate of drug-likeness (QED) is 0.546. The number of nitrogens with zero attached hydrogens (tertiary/aromatic N) is 5. The maximum absolute atomic E-state index is 12.5. The van der Waals surface area contributed by atoms with Crippen LogP contribution in [0.15, 0.2) is 12.4 Å². The molecule has 2 aliphatic rings. The second kappa shape index (κ2) is 9.25. The van der Waals surface area contributed by atoms with Crippen LogP contribution in [0.1, 0.15) is 33.0 Å². The molecule has 0 aliphatic carbocycles. The molecular weight excluding hydrogens is 418 g/mol. The third-order valence-electron chi connectivity index (χ3n) is 5.46. The monoisotopic (exact) mass is 445 g/mol. The molecule has 1 fully saturated rings. The molecule has 10 nitrogen and oxygen atoms in total. The van der Waals surface area contributed by atoms with Crippen LogP contribution >= 0.6 is 11.3 Å². The smallest absolute Gasteiger partial charge is 0.270 e. The summed E-state index contributed by atoms with van der Waals surface area (Å²) in [6, 6.07) is 1.69. The summed E-state index contributed by atoms with van der Waals surface area (Å²) in [5.74, 6) is 0.229. The molecule has 1 atom stereocenters. The number of aryl methyl sites for hydroxylation is 1. The minimum Gasteiger partial charge on any atom is -0.390 e. The van der Waals surface area contributed by atoms with Gasteiger partial charge in [0.05, 0.1) is 22.8 Å². The lowest BCUT2D eigenvalue weighted by Crippen LogP contribution is -2.56. The molecule has 0 saturated carbocycles. The molecule has 1 unspecified atom stereocenters. The number of fused-ring (bicyclic) bond motifs is 1. The lowest BCUT2D eigenvalue weighted by molar-refractivity contribution is -0.132. The van der Waals surface area contributed by atoms with Crippen LogP contribution in [0.25, 0.3) is 0 Å². The molecule has 0 radical (unpaired) electrons. The molecule has 2 amide bonds. The molecule has 4 rings (SSSR count). The van der Waals surface area contributed by atoms with E-state index in [-0.39, 0.29) is 30.1 Å². The number of amides is 2. The first-order valence-corrected chi connectivity index (χ1v) is 11.2. The minimum atomic E-state index is -0.675. The molecule has 3 N–H and O–H groups in total. The Balaban J connectivity index is 1.23. The Hall–Kier alpha value is -2.63. The summed E-state index contributed by atoms with van der Waals surface area (Å²) < 4.78 is 0. The maximum Gasteiger partial charge on any atom is 0.270 e. The second-order valence-corrected chi connectivity index (χ2v) is 9.29. The van der Waals surface area contributed by atoms with Gasteiger partial charge in [-0.3, -0.25) is 14.5 Å². The third-order valence-corrected chi connectivity index (χ3v) is 6.46. The van der Waals surface area contributed by atoms with Gasteiger partial charge in [0.1, 0.15) is 17.8 Å². The van der Waals surface area contributed by atoms with Gasteiger partial charge in [-0.25, -0.2) is 15.0 Å². The van der Waals surface area contributed by atoms with E-state index in [0.717, 1.165) is 24.5 Å². The van der Waals surface area contributed by atoms with Crippen LogP contribution < -0.4 is 10.6 Å². The van der Waals surface area contributed by atoms with Crippen molar-refractivity contribution < 1.29 is 14.7 Å². The minimum absolute atomic E-state index is 0.0477. The molecule has 31 heavy (non-hydrogen) atoms. The first-order chi connectivity index (χ1) is 14.9. The highest BCUT2D eigenvalue weighted by atomic mass is 32.1. The largest absolute Gasteiger partial charge is 0.390 e. The summed E-state index contributed by atoms with van der Waals surface area (Å²) in [4.78, 5) is 41.6. The number of likely N-dealkylation sites (tertiary alicyclic amines) is 1. The molecule has 2 aromatic heterocycles. The van der Waals surface area contributed by atoms with Crippen molar-refractivity contribution in [2.75, 3.05) is 38.0 Å². The Morgan fingerprint density at radius 2 is 2.16 bits per heavy atom. The Kier molecular flexibility index (Phi) is 6.44. The van der Waals surface area contributed by atoms with Crippen LogP contribution in [0, 0.1) is 6.92 Å². The fourth-order valence-corrected chi connectivity index (χ4v) is 4.82. The van der Waals surface area contributed by atoms with E-state index in [0.29, 0.717) is 25.5 Å². The number of β-amino-alcohol motifs (C(OH)–C–C–N with tert-alkyl or cyclic N) is 1. The molecule has 4 heterocycles. The SMILES string of the molecule is CC(=O)N1CC(Nc2cc(C(=O)NCC(O)CN3CCc4nc(C)sc4C3)ncn2)C1. The summed E-state index contributed by atoms with van der Waals surface area (Å²) in [7, 11) is 0. The van der Waals surface area contributed by atoms with E-state index in [4.69, 9.17) is 0 Å². The van der Waals surface area contributed by atoms with Gasteiger partial charge >= 0.3 is 0 Å². The molecular formula is C20H27N7O3S. The van der Waals surface area contributed by atoms with Crippen LogP contribution in [0.5, 0.6) is 0 Å². The van der Waals surface area contributed by atoms with E-state index in [9.17, 15) is 14.7 Å². The Morgan fingerprint density at radius 3 is 2.94 bits per heavy atom. The van der Waals surface area contributed by atoms with Crippen molar-refractivity contribution in [3.05, 3.63) is 33.7 Å². The average molecular weight is 446 g/mol. The predicted octanol–water partition coefficient (Wildman–Crippen LogP) is 0.0331. The molecule has 1 saturated heterocycles. The van der Waals surface area contributed by atoms with E-state index in [1.54, 1.807) is 29.2 Å². The van der Waals surface area contributed by atoms with Gasteiger partial charge in [0.2, 0.25) is 5.91 Å². The first-order valence-electron chi connectivity index (χ1n) is 10.3. The van der Waals surface area contributed by atoms with Crippen molar-refractivity contribution in [3.63, 3.8) is 0 Å². The van der Waals surface area contributed by atoms with Gasteiger partial charge < -0.3 is 20.6 Å². The van der Waals surface area contributed by atoms with Gasteiger partial charge in [-0.1, -0.05) is 0 Å². The molecule has 2 aliphatic heterocycles. The highest BCUT2D eigenvalue weighted by Gasteiger charge is 2.28. The Bertz CT molecular complexity index is 960. The van der Waals surface area contributed by atoms with E-state index in [1.807, 2.05) is 6.92 Å². The van der Waals surface area contributed by atoms with Crippen molar-refractivity contribution in [1.29, 1.82) is 0 Å². The maximum atomic E-state index is 12.5. The first kappa shape index (κ1) is 21.6. The standard InChI is InChI=1S/C20H27N7O3S/c1-12-24-16-3-4-26(10-18(16)31-12)9-15(29)6-21-20(30)17-5-19(23-11-22-17)25-14-7-27(8-14)13(2)28/h5,11,14-15,29H,3-4,6-10H2,1-2H3,(H,21,30)(H,22,23,25). The van der Waals surface area contributed by atoms with E-state index in [2.05, 4.69) is 30.5 Å². The van der Waals surface area contributed by atoms with Gasteiger partial charge in [0.15, 0.2) is 0 Å². The summed E-state index contributed by atoms with van der Waals surface area (Å²) in [5.41, 5.74) is 1.40. The zero-order valence-electron chi connectivity index (χ0n) is 17.7. The molecule has 0 bridgehead atoms. The number of aliphatic hydroxyl groups excluding tert-OH is 1. The number of hydrogen-bond acceptors (Lipinski definition) is 9. The number of thiazole rings is 1. The topological polar surface area (TPSA) is 124 Å². The Morgan fingerprint density at radius 1 is 1.35 bits per heavy atom. The molecule has 0 spiro atoms. The van der Waals surface area contributed by atoms with Crippen LogP contribution in [0.4, 0.5) is 5.82 Å². The number of nitrogens with one attached hydrogen (secondary N) is 2. The molecule has 0 aromatic carbocycles. The summed E-state index contributed by atoms with van der Waals surface area (Å²) >= 11 is 1.71. The van der Waals surface area contributed by atoms with E-state index < -0.39 is 6.10 Å². The van der Waals surface area contributed by atoms with Crippen LogP contribution in [0.2, 0.25) is 0 Å².